The molecule has 0 radical (unpaired) electrons. The van der Waals surface area contributed by atoms with Crippen LogP contribution in [-0.4, -0.2) is 37.4 Å². The molecule has 31 heavy (non-hydrogen) atoms. The number of fused-ring (bicyclic) bond motifs is 1. The molecule has 8 nitrogen and oxygen atoms in total. The van der Waals surface area contributed by atoms with Gasteiger partial charge in [0.1, 0.15) is 0 Å². The van der Waals surface area contributed by atoms with E-state index in [1.165, 1.54) is 21.3 Å². The second kappa shape index (κ2) is 8.35. The maximum Gasteiger partial charge on any atom is 0.259 e. The van der Waals surface area contributed by atoms with Crippen LogP contribution < -0.4 is 19.5 Å². The number of nitrogens with zero attached hydrogens (tertiary/aromatic N) is 2. The largest absolute Gasteiger partial charge is 0.493 e. The van der Waals surface area contributed by atoms with Crippen LogP contribution in [0.15, 0.2) is 53.1 Å². The number of carbonyl (C=O) groups is 1. The first kappa shape index (κ1) is 20.2. The monoisotopic (exact) mass is 419 g/mol. The summed E-state index contributed by atoms with van der Waals surface area (Å²) in [6.07, 6.45) is 0. The molecule has 1 N–H and O–H groups in total. The number of methoxy groups -OCH3 is 3. The number of hydrogen-bond donors (Lipinski definition) is 1. The zero-order chi connectivity index (χ0) is 22.0. The molecule has 0 bridgehead atoms. The fraction of sp³-hybridized carbons (Fsp3) is 0.174. The third-order valence-electron chi connectivity index (χ3n) is 4.85. The highest BCUT2D eigenvalue weighted by Crippen LogP contribution is 2.40. The highest BCUT2D eigenvalue weighted by molar-refractivity contribution is 6.13. The molecule has 2 aromatic carbocycles. The Labute approximate surface area is 178 Å². The van der Waals surface area contributed by atoms with Crippen LogP contribution in [0.4, 0.5) is 5.69 Å². The Morgan fingerprint density at radius 1 is 0.968 bits per heavy atom. The van der Waals surface area contributed by atoms with Crippen LogP contribution in [0.2, 0.25) is 0 Å². The summed E-state index contributed by atoms with van der Waals surface area (Å²) in [5, 5.41) is 7.44. The Balaban J connectivity index is 1.78. The van der Waals surface area contributed by atoms with Gasteiger partial charge in [0.15, 0.2) is 11.5 Å². The molecule has 8 heteroatoms. The normalized spacial score (nSPS) is 10.7. The van der Waals surface area contributed by atoms with Crippen LogP contribution in [0.25, 0.3) is 22.4 Å². The van der Waals surface area contributed by atoms with Gasteiger partial charge in [0, 0.05) is 23.4 Å². The zero-order valence-corrected chi connectivity index (χ0v) is 17.6. The fourth-order valence-corrected chi connectivity index (χ4v) is 3.38. The second-order valence-corrected chi connectivity index (χ2v) is 6.74. The summed E-state index contributed by atoms with van der Waals surface area (Å²) < 4.78 is 21.4. The molecule has 0 unspecified atom stereocenters. The lowest BCUT2D eigenvalue weighted by molar-refractivity contribution is 0.102. The van der Waals surface area contributed by atoms with E-state index in [0.29, 0.717) is 51.0 Å². The summed E-state index contributed by atoms with van der Waals surface area (Å²) in [4.78, 5) is 17.8. The van der Waals surface area contributed by atoms with Gasteiger partial charge >= 0.3 is 0 Å². The number of hydrogen-bond acceptors (Lipinski definition) is 7. The van der Waals surface area contributed by atoms with E-state index in [0.717, 1.165) is 5.56 Å². The number of ether oxygens (including phenoxy) is 3. The molecule has 2 heterocycles. The van der Waals surface area contributed by atoms with Crippen molar-refractivity contribution in [2.45, 2.75) is 6.92 Å². The van der Waals surface area contributed by atoms with Crippen LogP contribution in [0.3, 0.4) is 0 Å². The second-order valence-electron chi connectivity index (χ2n) is 6.74. The van der Waals surface area contributed by atoms with Crippen LogP contribution in [0, 0.1) is 6.92 Å². The van der Waals surface area contributed by atoms with E-state index in [1.807, 2.05) is 30.3 Å². The molecule has 158 valence electrons. The van der Waals surface area contributed by atoms with E-state index in [1.54, 1.807) is 25.1 Å². The van der Waals surface area contributed by atoms with Gasteiger partial charge in [-0.15, -0.1) is 0 Å². The average Bonchev–Trinajstić information content (AvgIpc) is 3.18. The summed E-state index contributed by atoms with van der Waals surface area (Å²) in [6.45, 7) is 1.77. The van der Waals surface area contributed by atoms with Crippen LogP contribution in [0.1, 0.15) is 16.1 Å². The van der Waals surface area contributed by atoms with Gasteiger partial charge in [0.2, 0.25) is 5.75 Å². The Morgan fingerprint density at radius 3 is 2.26 bits per heavy atom. The van der Waals surface area contributed by atoms with Crippen molar-refractivity contribution >= 4 is 22.7 Å². The fourth-order valence-electron chi connectivity index (χ4n) is 3.38. The van der Waals surface area contributed by atoms with Crippen molar-refractivity contribution in [2.24, 2.45) is 0 Å². The summed E-state index contributed by atoms with van der Waals surface area (Å²) in [5.41, 5.74) is 3.24. The van der Waals surface area contributed by atoms with Crippen molar-refractivity contribution < 1.29 is 23.5 Å². The molecule has 0 spiro atoms. The minimum atomic E-state index is -0.342. The minimum absolute atomic E-state index is 0.300. The van der Waals surface area contributed by atoms with Gasteiger partial charge in [0.05, 0.1) is 43.7 Å². The van der Waals surface area contributed by atoms with Crippen LogP contribution >= 0.6 is 0 Å². The highest BCUT2D eigenvalue weighted by Gasteiger charge is 2.21. The third kappa shape index (κ3) is 3.75. The lowest BCUT2D eigenvalue weighted by atomic mass is 10.0. The maximum atomic E-state index is 13.3. The lowest BCUT2D eigenvalue weighted by Gasteiger charge is -2.15. The Hall–Kier alpha value is -4.07. The summed E-state index contributed by atoms with van der Waals surface area (Å²) in [6, 6.07) is 14.6. The van der Waals surface area contributed by atoms with Gasteiger partial charge in [-0.2, -0.15) is 0 Å². The molecule has 4 aromatic rings. The quantitative estimate of drug-likeness (QED) is 0.492. The molecule has 0 atom stereocenters. The summed E-state index contributed by atoms with van der Waals surface area (Å²) >= 11 is 0. The molecule has 0 fully saturated rings. The molecule has 0 aliphatic carbocycles. The van der Waals surface area contributed by atoms with Crippen molar-refractivity contribution in [3.05, 3.63) is 59.8 Å². The van der Waals surface area contributed by atoms with Crippen LogP contribution in [0.5, 0.6) is 17.2 Å². The number of carbonyl (C=O) groups excluding carboxylic acids is 1. The number of amides is 1. The molecule has 0 aliphatic rings. The Kier molecular flexibility index (Phi) is 5.44. The van der Waals surface area contributed by atoms with Gasteiger partial charge in [-0.1, -0.05) is 35.5 Å². The standard InChI is InChI=1S/C23H21N3O5/c1-13-20-16(12-17(25-23(20)31-26-13)14-8-6-5-7-9-14)22(27)24-15-10-18(28-2)21(30-4)19(11-15)29-3/h5-12H,1-4H3,(H,24,27). The van der Waals surface area contributed by atoms with E-state index in [4.69, 9.17) is 18.7 Å². The molecule has 0 aliphatic heterocycles. The van der Waals surface area contributed by atoms with Crippen molar-refractivity contribution in [1.82, 2.24) is 10.1 Å². The first-order valence-electron chi connectivity index (χ1n) is 9.49. The maximum absolute atomic E-state index is 13.3. The molecule has 2 aromatic heterocycles. The number of benzene rings is 2. The average molecular weight is 419 g/mol. The molecule has 0 saturated carbocycles. The minimum Gasteiger partial charge on any atom is -0.493 e. The number of aryl methyl sites for hydroxylation is 1. The zero-order valence-electron chi connectivity index (χ0n) is 17.6. The van der Waals surface area contributed by atoms with Gasteiger partial charge in [-0.25, -0.2) is 4.98 Å². The molecule has 4 rings (SSSR count). The number of aromatic nitrogens is 2. The summed E-state index contributed by atoms with van der Waals surface area (Å²) in [7, 11) is 4.55. The topological polar surface area (TPSA) is 95.7 Å². The predicted molar refractivity (Wildman–Crippen MR) is 116 cm³/mol. The van der Waals surface area contributed by atoms with E-state index in [2.05, 4.69) is 15.5 Å². The van der Waals surface area contributed by atoms with Gasteiger partial charge in [0.25, 0.3) is 11.6 Å². The van der Waals surface area contributed by atoms with E-state index in [9.17, 15) is 4.79 Å². The van der Waals surface area contributed by atoms with Crippen molar-refractivity contribution in [3.63, 3.8) is 0 Å². The highest BCUT2D eigenvalue weighted by atomic mass is 16.5. The van der Waals surface area contributed by atoms with E-state index >= 15 is 0 Å². The van der Waals surface area contributed by atoms with E-state index < -0.39 is 0 Å². The Morgan fingerprint density at radius 2 is 1.65 bits per heavy atom. The Bertz CT molecular complexity index is 1230. The SMILES string of the molecule is COc1cc(NC(=O)c2cc(-c3ccccc3)nc3onc(C)c23)cc(OC)c1OC. The smallest absolute Gasteiger partial charge is 0.259 e. The number of rotatable bonds is 6. The van der Waals surface area contributed by atoms with Gasteiger partial charge in [-0.3, -0.25) is 4.79 Å². The van der Waals surface area contributed by atoms with Crippen molar-refractivity contribution in [2.75, 3.05) is 26.6 Å². The van der Waals surface area contributed by atoms with Crippen molar-refractivity contribution in [1.29, 1.82) is 0 Å². The number of anilines is 1. The van der Waals surface area contributed by atoms with Gasteiger partial charge in [-0.05, 0) is 13.0 Å². The molecule has 1 amide bonds. The van der Waals surface area contributed by atoms with E-state index in [-0.39, 0.29) is 5.91 Å². The van der Waals surface area contributed by atoms with Crippen molar-refractivity contribution in [3.8, 4) is 28.5 Å². The summed E-state index contributed by atoms with van der Waals surface area (Å²) in [5.74, 6) is 0.965. The molecule has 0 saturated heterocycles. The number of pyridine rings is 1. The first-order valence-corrected chi connectivity index (χ1v) is 9.49. The molecular weight excluding hydrogens is 398 g/mol. The predicted octanol–water partition coefficient (Wildman–Crippen LogP) is 4.48. The lowest BCUT2D eigenvalue weighted by Crippen LogP contribution is -2.13. The number of nitrogens with one attached hydrogen (secondary N) is 1. The van der Waals surface area contributed by atoms with Gasteiger partial charge < -0.3 is 24.1 Å². The first-order chi connectivity index (χ1) is 15.0. The molecular formula is C23H21N3O5. The van der Waals surface area contributed by atoms with Crippen LogP contribution in [-0.2, 0) is 0 Å². The third-order valence-corrected chi connectivity index (χ3v) is 4.85.